The topological polar surface area (TPSA) is 50.3 Å². The molecule has 0 bridgehead atoms. The normalized spacial score (nSPS) is 17.6. The van der Waals surface area contributed by atoms with Gasteiger partial charge in [-0.05, 0) is 24.0 Å². The molecule has 2 aliphatic carbocycles. The fourth-order valence-corrected chi connectivity index (χ4v) is 4.31. The summed E-state index contributed by atoms with van der Waals surface area (Å²) in [7, 11) is 0. The van der Waals surface area contributed by atoms with Gasteiger partial charge in [-0.25, -0.2) is 4.39 Å². The Hall–Kier alpha value is -3.21. The zero-order valence-corrected chi connectivity index (χ0v) is 16.7. The van der Waals surface area contributed by atoms with Gasteiger partial charge in [0.2, 0.25) is 0 Å². The molecular formula is C25H24FN3O. The average Bonchev–Trinajstić information content (AvgIpc) is 3.57. The minimum Gasteiger partial charge on any atom is -0.393 e. The molecule has 0 radical (unpaired) electrons. The highest BCUT2D eigenvalue weighted by Crippen LogP contribution is 2.43. The molecule has 1 aromatic heterocycles. The molecular weight excluding hydrogens is 377 g/mol. The molecule has 5 heteroatoms. The number of halogens is 1. The highest BCUT2D eigenvalue weighted by Gasteiger charge is 2.38. The molecule has 2 aliphatic rings. The van der Waals surface area contributed by atoms with Crippen molar-refractivity contribution in [2.24, 2.45) is 11.1 Å². The lowest BCUT2D eigenvalue weighted by Gasteiger charge is -2.34. The van der Waals surface area contributed by atoms with Crippen LogP contribution >= 0.6 is 0 Å². The first-order valence-corrected chi connectivity index (χ1v) is 10.5. The van der Waals surface area contributed by atoms with Crippen LogP contribution in [0.1, 0.15) is 40.9 Å². The Bertz CT molecular complexity index is 1030. The van der Waals surface area contributed by atoms with Gasteiger partial charge in [0.05, 0.1) is 0 Å². The van der Waals surface area contributed by atoms with Crippen molar-refractivity contribution in [1.29, 1.82) is 0 Å². The Kier molecular flexibility index (Phi) is 4.95. The summed E-state index contributed by atoms with van der Waals surface area (Å²) in [5.74, 6) is 0.348. The second-order valence-corrected chi connectivity index (χ2v) is 7.95. The molecule has 0 amide bonds. The van der Waals surface area contributed by atoms with E-state index in [1.165, 1.54) is 11.1 Å². The fraction of sp³-hybridized carbons (Fsp3) is 0.280. The van der Waals surface area contributed by atoms with Gasteiger partial charge < -0.3 is 4.84 Å². The summed E-state index contributed by atoms with van der Waals surface area (Å²) in [6, 6.07) is 21.2. The molecule has 0 aliphatic heterocycles. The highest BCUT2D eigenvalue weighted by atomic mass is 19.1. The smallest absolute Gasteiger partial charge is 0.145 e. The Balaban J connectivity index is 1.56. The van der Waals surface area contributed by atoms with Crippen molar-refractivity contribution in [3.8, 4) is 0 Å². The summed E-state index contributed by atoms with van der Waals surface area (Å²) >= 11 is 0. The summed E-state index contributed by atoms with van der Waals surface area (Å²) in [4.78, 5) is 5.18. The van der Waals surface area contributed by atoms with Crippen LogP contribution < -0.4 is 0 Å². The van der Waals surface area contributed by atoms with E-state index in [0.717, 1.165) is 41.9 Å². The monoisotopic (exact) mass is 401 g/mol. The number of benzene rings is 2. The molecule has 4 nitrogen and oxygen atoms in total. The van der Waals surface area contributed by atoms with E-state index in [1.54, 1.807) is 0 Å². The molecule has 30 heavy (non-hydrogen) atoms. The van der Waals surface area contributed by atoms with E-state index >= 15 is 0 Å². The lowest BCUT2D eigenvalue weighted by molar-refractivity contribution is 0.127. The summed E-state index contributed by atoms with van der Waals surface area (Å²) in [6.45, 7) is -0.569. The van der Waals surface area contributed by atoms with E-state index in [9.17, 15) is 4.39 Å². The molecule has 152 valence electrons. The number of fused-ring (bicyclic) bond motifs is 1. The Morgan fingerprint density at radius 3 is 2.33 bits per heavy atom. The summed E-state index contributed by atoms with van der Waals surface area (Å²) in [6.07, 6.45) is 7.36. The van der Waals surface area contributed by atoms with Gasteiger partial charge in [0.1, 0.15) is 24.7 Å². The molecule has 0 saturated heterocycles. The minimum absolute atomic E-state index is 0.0240. The van der Waals surface area contributed by atoms with E-state index in [2.05, 4.69) is 76.0 Å². The first-order chi connectivity index (χ1) is 14.8. The number of aromatic amines is 1. The number of hydrogen-bond acceptors (Lipinski definition) is 3. The van der Waals surface area contributed by atoms with E-state index in [-0.39, 0.29) is 12.0 Å². The zero-order chi connectivity index (χ0) is 20.4. The summed E-state index contributed by atoms with van der Waals surface area (Å²) in [5.41, 5.74) is 6.04. The summed E-state index contributed by atoms with van der Waals surface area (Å²) in [5, 5.41) is 12.1. The van der Waals surface area contributed by atoms with Crippen molar-refractivity contribution >= 4 is 11.8 Å². The molecule has 0 atom stereocenters. The van der Waals surface area contributed by atoms with Crippen molar-refractivity contribution in [1.82, 2.24) is 10.2 Å². The van der Waals surface area contributed by atoms with E-state index in [1.807, 2.05) is 12.1 Å². The third-order valence-corrected chi connectivity index (χ3v) is 5.99. The van der Waals surface area contributed by atoms with Crippen LogP contribution in [0.2, 0.25) is 0 Å². The average molecular weight is 401 g/mol. The number of allylic oxidation sites excluding steroid dienone is 1. The molecule has 1 fully saturated rings. The lowest BCUT2D eigenvalue weighted by Crippen LogP contribution is -2.30. The third kappa shape index (κ3) is 3.34. The standard InChI is InChI=1S/C25H24FN3O/c26-15-16-30-29-23(18-11-12-18)24-21-13-14-25(17-22(21)27-28-24,19-7-3-1-4-8-19)20-9-5-2-6-10-20/h1-10,13-14,18H,11-12,15-17H2,(H,27,28). The zero-order valence-electron chi connectivity index (χ0n) is 16.7. The predicted octanol–water partition coefficient (Wildman–Crippen LogP) is 5.07. The molecule has 1 N–H and O–H groups in total. The maximum Gasteiger partial charge on any atom is 0.145 e. The number of rotatable bonds is 7. The van der Waals surface area contributed by atoms with Crippen LogP contribution in [0, 0.1) is 5.92 Å². The Morgan fingerprint density at radius 2 is 1.73 bits per heavy atom. The van der Waals surface area contributed by atoms with Crippen LogP contribution in [0.4, 0.5) is 4.39 Å². The van der Waals surface area contributed by atoms with Gasteiger partial charge in [-0.2, -0.15) is 5.10 Å². The number of nitrogens with zero attached hydrogens (tertiary/aromatic N) is 2. The first-order valence-electron chi connectivity index (χ1n) is 10.5. The molecule has 0 spiro atoms. The molecule has 0 unspecified atom stereocenters. The third-order valence-electron chi connectivity index (χ3n) is 5.99. The van der Waals surface area contributed by atoms with Gasteiger partial charge in [0.15, 0.2) is 0 Å². The van der Waals surface area contributed by atoms with Crippen LogP contribution in [0.5, 0.6) is 0 Å². The van der Waals surface area contributed by atoms with E-state index < -0.39 is 6.67 Å². The number of nitrogens with one attached hydrogen (secondary N) is 1. The van der Waals surface area contributed by atoms with Crippen LogP contribution in [0.15, 0.2) is 71.9 Å². The second kappa shape index (κ2) is 7.90. The number of H-pyrrole nitrogens is 1. The van der Waals surface area contributed by atoms with Gasteiger partial charge in [-0.15, -0.1) is 0 Å². The van der Waals surface area contributed by atoms with Crippen molar-refractivity contribution < 1.29 is 9.23 Å². The maximum absolute atomic E-state index is 12.5. The Labute approximate surface area is 175 Å². The number of aromatic nitrogens is 2. The van der Waals surface area contributed by atoms with Crippen molar-refractivity contribution in [2.45, 2.75) is 24.7 Å². The number of oxime groups is 1. The quantitative estimate of drug-likeness (QED) is 0.342. The molecule has 3 aromatic rings. The second-order valence-electron chi connectivity index (χ2n) is 7.95. The fourth-order valence-electron chi connectivity index (χ4n) is 4.31. The van der Waals surface area contributed by atoms with Gasteiger partial charge in [0, 0.05) is 29.0 Å². The molecule has 5 rings (SSSR count). The van der Waals surface area contributed by atoms with Gasteiger partial charge in [-0.3, -0.25) is 5.10 Å². The summed E-state index contributed by atoms with van der Waals surface area (Å²) < 4.78 is 12.5. The van der Waals surface area contributed by atoms with E-state index in [0.29, 0.717) is 5.92 Å². The van der Waals surface area contributed by atoms with Gasteiger partial charge >= 0.3 is 0 Å². The SMILES string of the molecule is FCCON=C(c1n[nH]c2c1C=CC(c1ccccc1)(c1ccccc1)C2)C1CC1. The number of hydrogen-bond donors (Lipinski definition) is 1. The first kappa shape index (κ1) is 18.8. The highest BCUT2D eigenvalue weighted by molar-refractivity contribution is 6.04. The van der Waals surface area contributed by atoms with Gasteiger partial charge in [-0.1, -0.05) is 78.0 Å². The largest absolute Gasteiger partial charge is 0.393 e. The molecule has 2 aromatic carbocycles. The van der Waals surface area contributed by atoms with Crippen LogP contribution in [0.3, 0.4) is 0 Å². The van der Waals surface area contributed by atoms with E-state index in [4.69, 9.17) is 4.84 Å². The molecule has 1 saturated carbocycles. The van der Waals surface area contributed by atoms with Crippen molar-refractivity contribution in [3.63, 3.8) is 0 Å². The number of alkyl halides is 1. The Morgan fingerprint density at radius 1 is 1.07 bits per heavy atom. The van der Waals surface area contributed by atoms with Crippen LogP contribution in [0.25, 0.3) is 6.08 Å². The van der Waals surface area contributed by atoms with Crippen LogP contribution in [-0.2, 0) is 16.7 Å². The van der Waals surface area contributed by atoms with Gasteiger partial charge in [0.25, 0.3) is 0 Å². The molecule has 1 heterocycles. The predicted molar refractivity (Wildman–Crippen MR) is 116 cm³/mol. The lowest BCUT2D eigenvalue weighted by atomic mass is 9.68. The maximum atomic E-state index is 12.5. The van der Waals surface area contributed by atoms with Crippen molar-refractivity contribution in [3.05, 3.63) is 94.8 Å². The van der Waals surface area contributed by atoms with Crippen molar-refractivity contribution in [2.75, 3.05) is 13.3 Å². The minimum atomic E-state index is -0.545. The van der Waals surface area contributed by atoms with Crippen LogP contribution in [-0.4, -0.2) is 29.2 Å².